The maximum atomic E-state index is 9.20. The summed E-state index contributed by atoms with van der Waals surface area (Å²) in [5.41, 5.74) is 14.7. The van der Waals surface area contributed by atoms with Crippen molar-refractivity contribution in [2.75, 3.05) is 0 Å². The van der Waals surface area contributed by atoms with Crippen molar-refractivity contribution in [3.05, 3.63) is 194 Å². The van der Waals surface area contributed by atoms with E-state index in [-0.39, 0.29) is 0 Å². The van der Waals surface area contributed by atoms with Crippen LogP contribution in [0.4, 0.5) is 0 Å². The number of fused-ring (bicyclic) bond motifs is 6. The Hall–Kier alpha value is -7.15. The molecule has 3 nitrogen and oxygen atoms in total. The number of nitriles is 1. The lowest BCUT2D eigenvalue weighted by molar-refractivity contribution is 1.18. The van der Waals surface area contributed by atoms with Crippen LogP contribution in [-0.2, 0) is 0 Å². The molecule has 242 valence electrons. The van der Waals surface area contributed by atoms with E-state index in [1.807, 2.05) is 24.3 Å². The summed E-state index contributed by atoms with van der Waals surface area (Å²) in [7, 11) is 0. The molecule has 0 aliphatic heterocycles. The highest BCUT2D eigenvalue weighted by atomic mass is 15.0. The summed E-state index contributed by atoms with van der Waals surface area (Å²) in [5, 5.41) is 14.1. The summed E-state index contributed by atoms with van der Waals surface area (Å²) in [4.78, 5) is 0. The Labute approximate surface area is 301 Å². The predicted octanol–water partition coefficient (Wildman–Crippen LogP) is 12.8. The van der Waals surface area contributed by atoms with Crippen LogP contribution in [0, 0.1) is 11.3 Å². The Kier molecular flexibility index (Phi) is 6.87. The standard InChI is InChI=1S/C49H31N3/c50-32-33-15-17-34(18-16-33)35-19-21-36(22-20-35)37-23-26-48-44(29-37)45-31-39(25-28-49(45)52(48)41-11-5-2-6-12-41)38-24-27-47-43(30-38)42-13-7-8-14-46(42)51(47)40-9-3-1-4-10-40/h1-31H. The van der Waals surface area contributed by atoms with Gasteiger partial charge in [-0.1, -0.05) is 109 Å². The van der Waals surface area contributed by atoms with E-state index in [9.17, 15) is 5.26 Å². The second-order valence-electron chi connectivity index (χ2n) is 13.3. The van der Waals surface area contributed by atoms with Gasteiger partial charge in [-0.25, -0.2) is 0 Å². The number of benzene rings is 8. The first-order valence-electron chi connectivity index (χ1n) is 17.6. The zero-order valence-corrected chi connectivity index (χ0v) is 28.2. The van der Waals surface area contributed by atoms with Gasteiger partial charge in [-0.15, -0.1) is 0 Å². The topological polar surface area (TPSA) is 33.6 Å². The summed E-state index contributed by atoms with van der Waals surface area (Å²) in [5.74, 6) is 0. The minimum absolute atomic E-state index is 0.669. The van der Waals surface area contributed by atoms with E-state index in [4.69, 9.17) is 0 Å². The van der Waals surface area contributed by atoms with E-state index in [0.717, 1.165) is 28.1 Å². The maximum absolute atomic E-state index is 9.20. The minimum atomic E-state index is 0.669. The molecule has 0 saturated heterocycles. The fourth-order valence-corrected chi connectivity index (χ4v) is 7.84. The molecule has 2 aromatic heterocycles. The van der Waals surface area contributed by atoms with Gasteiger partial charge in [0.1, 0.15) is 0 Å². The van der Waals surface area contributed by atoms with Crippen LogP contribution >= 0.6 is 0 Å². The zero-order chi connectivity index (χ0) is 34.6. The summed E-state index contributed by atoms with van der Waals surface area (Å²) >= 11 is 0. The molecule has 0 atom stereocenters. The molecular weight excluding hydrogens is 631 g/mol. The van der Waals surface area contributed by atoms with E-state index >= 15 is 0 Å². The van der Waals surface area contributed by atoms with Crippen molar-refractivity contribution >= 4 is 43.6 Å². The molecule has 0 unspecified atom stereocenters. The molecule has 8 aromatic carbocycles. The van der Waals surface area contributed by atoms with Crippen LogP contribution in [0.1, 0.15) is 5.56 Å². The molecule has 3 heteroatoms. The fourth-order valence-electron chi connectivity index (χ4n) is 7.84. The highest BCUT2D eigenvalue weighted by molar-refractivity contribution is 6.13. The monoisotopic (exact) mass is 661 g/mol. The third-order valence-corrected chi connectivity index (χ3v) is 10.4. The molecule has 0 bridgehead atoms. The molecular formula is C49H31N3. The average molecular weight is 662 g/mol. The molecule has 0 N–H and O–H groups in total. The summed E-state index contributed by atoms with van der Waals surface area (Å²) < 4.78 is 4.74. The van der Waals surface area contributed by atoms with Gasteiger partial charge in [-0.3, -0.25) is 0 Å². The second kappa shape index (κ2) is 12.0. The molecule has 0 spiro atoms. The summed E-state index contributed by atoms with van der Waals surface area (Å²) in [6, 6.07) is 69.3. The first-order chi connectivity index (χ1) is 25.7. The van der Waals surface area contributed by atoms with Crippen molar-refractivity contribution < 1.29 is 0 Å². The average Bonchev–Trinajstić information content (AvgIpc) is 3.73. The normalized spacial score (nSPS) is 11.4. The molecule has 52 heavy (non-hydrogen) atoms. The van der Waals surface area contributed by atoms with Gasteiger partial charge in [0.15, 0.2) is 0 Å². The molecule has 0 amide bonds. The molecule has 0 radical (unpaired) electrons. The van der Waals surface area contributed by atoms with Gasteiger partial charge in [0.25, 0.3) is 0 Å². The quantitative estimate of drug-likeness (QED) is 0.181. The first kappa shape index (κ1) is 29.7. The molecule has 0 saturated carbocycles. The van der Waals surface area contributed by atoms with Crippen LogP contribution < -0.4 is 0 Å². The molecule has 0 fully saturated rings. The number of rotatable bonds is 5. The van der Waals surface area contributed by atoms with Gasteiger partial charge in [0.2, 0.25) is 0 Å². The van der Waals surface area contributed by atoms with Gasteiger partial charge in [-0.05, 0) is 112 Å². The number of nitrogens with zero attached hydrogens (tertiary/aromatic N) is 3. The Bertz CT molecular complexity index is 2980. The van der Waals surface area contributed by atoms with E-state index in [0.29, 0.717) is 5.56 Å². The minimum Gasteiger partial charge on any atom is -0.309 e. The third-order valence-electron chi connectivity index (χ3n) is 10.4. The Balaban J connectivity index is 1.12. The molecule has 0 aliphatic rings. The van der Waals surface area contributed by atoms with Crippen LogP contribution in [-0.4, -0.2) is 9.13 Å². The highest BCUT2D eigenvalue weighted by Crippen LogP contribution is 2.39. The van der Waals surface area contributed by atoms with Crippen molar-refractivity contribution in [2.24, 2.45) is 0 Å². The summed E-state index contributed by atoms with van der Waals surface area (Å²) in [6.07, 6.45) is 0. The van der Waals surface area contributed by atoms with Crippen molar-refractivity contribution in [1.29, 1.82) is 5.26 Å². The van der Waals surface area contributed by atoms with Gasteiger partial charge in [0, 0.05) is 32.9 Å². The predicted molar refractivity (Wildman–Crippen MR) is 216 cm³/mol. The third kappa shape index (κ3) is 4.81. The number of aromatic nitrogens is 2. The molecule has 10 aromatic rings. The maximum Gasteiger partial charge on any atom is 0.0991 e. The molecule has 0 aliphatic carbocycles. The van der Waals surface area contributed by atoms with Crippen molar-refractivity contribution in [1.82, 2.24) is 9.13 Å². The lowest BCUT2D eigenvalue weighted by atomic mass is 9.97. The number of hydrogen-bond donors (Lipinski definition) is 0. The number of para-hydroxylation sites is 3. The van der Waals surface area contributed by atoms with Crippen LogP contribution in [0.3, 0.4) is 0 Å². The van der Waals surface area contributed by atoms with Gasteiger partial charge < -0.3 is 9.13 Å². The number of hydrogen-bond acceptors (Lipinski definition) is 1. The van der Waals surface area contributed by atoms with Gasteiger partial charge >= 0.3 is 0 Å². The van der Waals surface area contributed by atoms with Crippen LogP contribution in [0.5, 0.6) is 0 Å². The van der Waals surface area contributed by atoms with E-state index in [1.165, 1.54) is 60.3 Å². The van der Waals surface area contributed by atoms with E-state index < -0.39 is 0 Å². The van der Waals surface area contributed by atoms with E-state index in [1.54, 1.807) is 0 Å². The molecule has 10 rings (SSSR count). The van der Waals surface area contributed by atoms with Crippen LogP contribution in [0.15, 0.2) is 188 Å². The van der Waals surface area contributed by atoms with E-state index in [2.05, 4.69) is 179 Å². The van der Waals surface area contributed by atoms with Gasteiger partial charge in [0.05, 0.1) is 33.7 Å². The first-order valence-corrected chi connectivity index (χ1v) is 17.6. The molecule has 2 heterocycles. The van der Waals surface area contributed by atoms with Crippen LogP contribution in [0.2, 0.25) is 0 Å². The highest BCUT2D eigenvalue weighted by Gasteiger charge is 2.17. The fraction of sp³-hybridized carbons (Fsp3) is 0. The second-order valence-corrected chi connectivity index (χ2v) is 13.3. The lowest BCUT2D eigenvalue weighted by Gasteiger charge is -2.09. The summed E-state index contributed by atoms with van der Waals surface area (Å²) in [6.45, 7) is 0. The van der Waals surface area contributed by atoms with Gasteiger partial charge in [-0.2, -0.15) is 5.26 Å². The zero-order valence-electron chi connectivity index (χ0n) is 28.2. The SMILES string of the molecule is N#Cc1ccc(-c2ccc(-c3ccc4c(c3)c3cc(-c5ccc6c(c5)c5ccccc5n6-c5ccccc5)ccc3n4-c3ccccc3)cc2)cc1. The van der Waals surface area contributed by atoms with Crippen LogP contribution in [0.25, 0.3) is 88.4 Å². The lowest BCUT2D eigenvalue weighted by Crippen LogP contribution is -1.93. The Morgan fingerprint density at radius 2 is 0.654 bits per heavy atom. The van der Waals surface area contributed by atoms with Crippen molar-refractivity contribution in [3.8, 4) is 50.8 Å². The Morgan fingerprint density at radius 1 is 0.308 bits per heavy atom. The smallest absolute Gasteiger partial charge is 0.0991 e. The van der Waals surface area contributed by atoms with Crippen molar-refractivity contribution in [2.45, 2.75) is 0 Å². The largest absolute Gasteiger partial charge is 0.309 e. The Morgan fingerprint density at radius 3 is 1.13 bits per heavy atom. The van der Waals surface area contributed by atoms with Crippen molar-refractivity contribution in [3.63, 3.8) is 0 Å².